The molecule has 0 saturated heterocycles. The molecule has 23 heavy (non-hydrogen) atoms. The number of hydrogen-bond acceptors (Lipinski definition) is 5. The van der Waals surface area contributed by atoms with E-state index in [1.165, 1.54) is 7.11 Å². The highest BCUT2D eigenvalue weighted by Gasteiger charge is 2.41. The van der Waals surface area contributed by atoms with Gasteiger partial charge in [-0.25, -0.2) is 4.79 Å². The van der Waals surface area contributed by atoms with E-state index in [2.05, 4.69) is 0 Å². The number of ether oxygens (including phenoxy) is 2. The summed E-state index contributed by atoms with van der Waals surface area (Å²) in [5.74, 6) is 0.208. The Hall–Kier alpha value is -2.27. The molecule has 0 fully saturated rings. The number of allylic oxidation sites excluding steroid dienone is 1. The SMILES string of the molecule is COC(=O)C1=C2C=C(Cl)C(C(=O)c3ccc(OC)cc3)N2CC1. The molecule has 2 heterocycles. The smallest absolute Gasteiger partial charge is 0.335 e. The number of benzene rings is 1. The Bertz CT molecular complexity index is 721. The van der Waals surface area contributed by atoms with Crippen molar-refractivity contribution in [1.82, 2.24) is 4.90 Å². The molecule has 0 aliphatic carbocycles. The molecule has 2 aliphatic rings. The first-order chi connectivity index (χ1) is 11.1. The zero-order chi connectivity index (χ0) is 16.6. The van der Waals surface area contributed by atoms with Crippen LogP contribution < -0.4 is 4.74 Å². The summed E-state index contributed by atoms with van der Waals surface area (Å²) in [6.07, 6.45) is 2.24. The fourth-order valence-corrected chi connectivity index (χ4v) is 3.28. The highest BCUT2D eigenvalue weighted by Crippen LogP contribution is 2.38. The second-order valence-electron chi connectivity index (χ2n) is 5.32. The molecule has 1 aromatic rings. The molecule has 120 valence electrons. The fourth-order valence-electron chi connectivity index (χ4n) is 2.96. The van der Waals surface area contributed by atoms with E-state index in [1.807, 2.05) is 4.90 Å². The predicted octanol–water partition coefficient (Wildman–Crippen LogP) is 2.52. The van der Waals surface area contributed by atoms with E-state index in [-0.39, 0.29) is 11.8 Å². The summed E-state index contributed by atoms with van der Waals surface area (Å²) in [6, 6.07) is 6.32. The van der Waals surface area contributed by atoms with Gasteiger partial charge in [0.05, 0.1) is 24.8 Å². The minimum Gasteiger partial charge on any atom is -0.497 e. The summed E-state index contributed by atoms with van der Waals surface area (Å²) in [5.41, 5.74) is 1.81. The van der Waals surface area contributed by atoms with Gasteiger partial charge in [-0.2, -0.15) is 0 Å². The predicted molar refractivity (Wildman–Crippen MR) is 85.4 cm³/mol. The first-order valence-electron chi connectivity index (χ1n) is 7.20. The number of carbonyl (C=O) groups excluding carboxylic acids is 2. The van der Waals surface area contributed by atoms with Crippen molar-refractivity contribution in [2.75, 3.05) is 20.8 Å². The maximum absolute atomic E-state index is 12.8. The monoisotopic (exact) mass is 333 g/mol. The van der Waals surface area contributed by atoms with Crippen LogP contribution in [0, 0.1) is 0 Å². The van der Waals surface area contributed by atoms with Crippen molar-refractivity contribution < 1.29 is 19.1 Å². The van der Waals surface area contributed by atoms with Crippen LogP contribution in [-0.2, 0) is 9.53 Å². The van der Waals surface area contributed by atoms with Crippen molar-refractivity contribution in [2.24, 2.45) is 0 Å². The molecule has 0 radical (unpaired) electrons. The van der Waals surface area contributed by atoms with Gasteiger partial charge in [-0.05, 0) is 36.8 Å². The van der Waals surface area contributed by atoms with Gasteiger partial charge in [-0.1, -0.05) is 11.6 Å². The number of ketones is 1. The van der Waals surface area contributed by atoms with E-state index >= 15 is 0 Å². The molecule has 0 spiro atoms. The van der Waals surface area contributed by atoms with Crippen molar-refractivity contribution >= 4 is 23.4 Å². The zero-order valence-corrected chi connectivity index (χ0v) is 13.6. The molecule has 3 rings (SSSR count). The molecular formula is C17H16ClNO4. The number of carbonyl (C=O) groups is 2. The van der Waals surface area contributed by atoms with Crippen molar-refractivity contribution in [1.29, 1.82) is 0 Å². The molecule has 6 heteroatoms. The molecule has 1 atom stereocenters. The maximum Gasteiger partial charge on any atom is 0.335 e. The van der Waals surface area contributed by atoms with E-state index in [4.69, 9.17) is 21.1 Å². The highest BCUT2D eigenvalue weighted by molar-refractivity contribution is 6.33. The first kappa shape index (κ1) is 15.6. The van der Waals surface area contributed by atoms with E-state index < -0.39 is 6.04 Å². The summed E-state index contributed by atoms with van der Waals surface area (Å²) in [7, 11) is 2.92. The average molecular weight is 334 g/mol. The Labute approximate surface area is 139 Å². The van der Waals surface area contributed by atoms with Crippen LogP contribution >= 0.6 is 11.6 Å². The van der Waals surface area contributed by atoms with E-state index in [0.29, 0.717) is 40.6 Å². The zero-order valence-electron chi connectivity index (χ0n) is 12.8. The third kappa shape index (κ3) is 2.61. The molecule has 1 aromatic carbocycles. The first-order valence-corrected chi connectivity index (χ1v) is 7.58. The Morgan fingerprint density at radius 3 is 2.52 bits per heavy atom. The number of rotatable bonds is 4. The van der Waals surface area contributed by atoms with Crippen molar-refractivity contribution in [3.05, 3.63) is 52.2 Å². The normalized spacial score (nSPS) is 19.5. The van der Waals surface area contributed by atoms with Gasteiger partial charge in [0.25, 0.3) is 0 Å². The van der Waals surface area contributed by atoms with Gasteiger partial charge in [0.1, 0.15) is 11.8 Å². The summed E-state index contributed by atoms with van der Waals surface area (Å²) >= 11 is 6.28. The van der Waals surface area contributed by atoms with E-state index in [9.17, 15) is 9.59 Å². The summed E-state index contributed by atoms with van der Waals surface area (Å²) in [4.78, 5) is 26.5. The van der Waals surface area contributed by atoms with Gasteiger partial charge in [0, 0.05) is 17.8 Å². The number of hydrogen-bond donors (Lipinski definition) is 0. The summed E-state index contributed by atoms with van der Waals surface area (Å²) in [5, 5.41) is 0.418. The molecule has 0 amide bonds. The molecular weight excluding hydrogens is 318 g/mol. The number of fused-ring (bicyclic) bond motifs is 1. The van der Waals surface area contributed by atoms with E-state index in [1.54, 1.807) is 37.5 Å². The number of methoxy groups -OCH3 is 2. The summed E-state index contributed by atoms with van der Waals surface area (Å²) in [6.45, 7) is 0.569. The Morgan fingerprint density at radius 2 is 1.91 bits per heavy atom. The molecule has 1 unspecified atom stereocenters. The number of nitrogens with zero attached hydrogens (tertiary/aromatic N) is 1. The highest BCUT2D eigenvalue weighted by atomic mass is 35.5. The Balaban J connectivity index is 1.90. The Morgan fingerprint density at radius 1 is 1.22 bits per heavy atom. The number of Topliss-reactive ketones (excluding diaryl/α,β-unsaturated/α-hetero) is 1. The van der Waals surface area contributed by atoms with Crippen molar-refractivity contribution in [2.45, 2.75) is 12.5 Å². The van der Waals surface area contributed by atoms with Crippen LogP contribution in [0.25, 0.3) is 0 Å². The standard InChI is InChI=1S/C17H16ClNO4/c1-22-11-5-3-10(4-6-11)16(20)15-13(18)9-14-12(17(21)23-2)7-8-19(14)15/h3-6,9,15H,7-8H2,1-2H3. The van der Waals surface area contributed by atoms with E-state index in [0.717, 1.165) is 0 Å². The van der Waals surface area contributed by atoms with Gasteiger partial charge < -0.3 is 14.4 Å². The lowest BCUT2D eigenvalue weighted by atomic mass is 10.0. The molecule has 5 nitrogen and oxygen atoms in total. The van der Waals surface area contributed by atoms with Crippen LogP contribution in [0.5, 0.6) is 5.75 Å². The van der Waals surface area contributed by atoms with Crippen LogP contribution in [0.4, 0.5) is 0 Å². The Kier molecular flexibility index (Phi) is 4.13. The second kappa shape index (κ2) is 6.08. The number of esters is 1. The largest absolute Gasteiger partial charge is 0.497 e. The topological polar surface area (TPSA) is 55.8 Å². The molecule has 0 N–H and O–H groups in total. The fraction of sp³-hybridized carbons (Fsp3) is 0.294. The minimum atomic E-state index is -0.581. The minimum absolute atomic E-state index is 0.102. The molecule has 0 saturated carbocycles. The van der Waals surface area contributed by atoms with Gasteiger partial charge in [0.15, 0.2) is 5.78 Å². The van der Waals surface area contributed by atoms with Crippen LogP contribution in [0.3, 0.4) is 0 Å². The average Bonchev–Trinajstić information content (AvgIpc) is 3.11. The van der Waals surface area contributed by atoms with Crippen LogP contribution in [0.1, 0.15) is 16.8 Å². The third-order valence-corrected chi connectivity index (χ3v) is 4.44. The van der Waals surface area contributed by atoms with Gasteiger partial charge in [-0.3, -0.25) is 4.79 Å². The quantitative estimate of drug-likeness (QED) is 0.626. The van der Waals surface area contributed by atoms with Gasteiger partial charge in [0.2, 0.25) is 0 Å². The van der Waals surface area contributed by atoms with Crippen LogP contribution in [0.2, 0.25) is 0 Å². The summed E-state index contributed by atoms with van der Waals surface area (Å²) < 4.78 is 9.89. The lowest BCUT2D eigenvalue weighted by Gasteiger charge is -2.23. The van der Waals surface area contributed by atoms with Gasteiger partial charge >= 0.3 is 5.97 Å². The van der Waals surface area contributed by atoms with Crippen molar-refractivity contribution in [3.63, 3.8) is 0 Å². The second-order valence-corrected chi connectivity index (χ2v) is 5.76. The van der Waals surface area contributed by atoms with Gasteiger partial charge in [-0.15, -0.1) is 0 Å². The van der Waals surface area contributed by atoms with Crippen LogP contribution in [0.15, 0.2) is 46.6 Å². The van der Waals surface area contributed by atoms with Crippen LogP contribution in [-0.4, -0.2) is 43.5 Å². The molecule has 0 bridgehead atoms. The molecule has 2 aliphatic heterocycles. The number of halogens is 1. The lowest BCUT2D eigenvalue weighted by Crippen LogP contribution is -2.35. The third-order valence-electron chi connectivity index (χ3n) is 4.12. The van der Waals surface area contributed by atoms with Crippen molar-refractivity contribution in [3.8, 4) is 5.75 Å². The lowest BCUT2D eigenvalue weighted by molar-refractivity contribution is -0.136. The maximum atomic E-state index is 12.8. The molecule has 0 aromatic heterocycles.